The minimum Gasteiger partial charge on any atom is -0.497 e. The molecule has 1 fully saturated rings. The molecular formula is C16H20N4O2. The van der Waals surface area contributed by atoms with Crippen molar-refractivity contribution in [1.29, 1.82) is 0 Å². The fourth-order valence-corrected chi connectivity index (χ4v) is 2.97. The number of rotatable bonds is 3. The average Bonchev–Trinajstić information content (AvgIpc) is 3.00. The number of nitrogens with two attached hydrogens (primary N) is 1. The van der Waals surface area contributed by atoms with Gasteiger partial charge in [-0.3, -0.25) is 9.89 Å². The molecule has 1 amide bonds. The maximum absolute atomic E-state index is 12.7. The van der Waals surface area contributed by atoms with E-state index in [1.54, 1.807) is 13.2 Å². The Morgan fingerprint density at radius 3 is 3.00 bits per heavy atom. The van der Waals surface area contributed by atoms with E-state index in [1.807, 2.05) is 29.2 Å². The Labute approximate surface area is 129 Å². The lowest BCUT2D eigenvalue weighted by Gasteiger charge is -2.36. The van der Waals surface area contributed by atoms with E-state index in [4.69, 9.17) is 10.5 Å². The van der Waals surface area contributed by atoms with Gasteiger partial charge in [0.15, 0.2) is 0 Å². The molecule has 0 radical (unpaired) electrons. The molecule has 6 heteroatoms. The molecule has 0 aliphatic carbocycles. The molecule has 0 spiro atoms. The first-order valence-electron chi connectivity index (χ1n) is 7.45. The number of benzene rings is 1. The fourth-order valence-electron chi connectivity index (χ4n) is 2.97. The lowest BCUT2D eigenvalue weighted by molar-refractivity contribution is 0.0605. The first-order chi connectivity index (χ1) is 10.7. The molecule has 6 nitrogen and oxygen atoms in total. The predicted octanol–water partition coefficient (Wildman–Crippen LogP) is 2.37. The van der Waals surface area contributed by atoms with Gasteiger partial charge in [-0.2, -0.15) is 5.10 Å². The normalized spacial score (nSPS) is 18.2. The van der Waals surface area contributed by atoms with Crippen molar-refractivity contribution in [3.63, 3.8) is 0 Å². The van der Waals surface area contributed by atoms with Crippen LogP contribution in [0.1, 0.15) is 41.4 Å². The van der Waals surface area contributed by atoms with E-state index in [0.29, 0.717) is 11.5 Å². The Balaban J connectivity index is 1.89. The highest BCUT2D eigenvalue weighted by Crippen LogP contribution is 2.33. The Hall–Kier alpha value is -2.50. The Kier molecular flexibility index (Phi) is 4.00. The predicted molar refractivity (Wildman–Crippen MR) is 83.6 cm³/mol. The molecule has 2 heterocycles. The first kappa shape index (κ1) is 14.4. The number of ether oxygens (including phenoxy) is 1. The minimum atomic E-state index is -0.0586. The van der Waals surface area contributed by atoms with Crippen molar-refractivity contribution in [3.05, 3.63) is 41.6 Å². The Bertz CT molecular complexity index is 668. The van der Waals surface area contributed by atoms with Crippen molar-refractivity contribution >= 4 is 11.7 Å². The zero-order chi connectivity index (χ0) is 15.5. The van der Waals surface area contributed by atoms with Crippen LogP contribution in [0.4, 0.5) is 5.82 Å². The number of nitrogens with one attached hydrogen (secondary N) is 1. The molecule has 116 valence electrons. The second kappa shape index (κ2) is 6.09. The molecule has 1 aromatic carbocycles. The number of amides is 1. The number of hydrogen-bond donors (Lipinski definition) is 2. The molecule has 1 aliphatic heterocycles. The topological polar surface area (TPSA) is 84.2 Å². The number of aromatic amines is 1. The second-order valence-electron chi connectivity index (χ2n) is 5.49. The van der Waals surface area contributed by atoms with Crippen LogP contribution in [0, 0.1) is 0 Å². The van der Waals surface area contributed by atoms with E-state index in [-0.39, 0.29) is 11.9 Å². The zero-order valence-electron chi connectivity index (χ0n) is 12.6. The molecule has 1 saturated heterocycles. The third-order valence-corrected chi connectivity index (χ3v) is 4.07. The van der Waals surface area contributed by atoms with Crippen LogP contribution in [0.3, 0.4) is 0 Å². The lowest BCUT2D eigenvalue weighted by Crippen LogP contribution is -2.38. The van der Waals surface area contributed by atoms with E-state index >= 15 is 0 Å². The highest BCUT2D eigenvalue weighted by atomic mass is 16.5. The average molecular weight is 300 g/mol. The monoisotopic (exact) mass is 300 g/mol. The van der Waals surface area contributed by atoms with E-state index < -0.39 is 0 Å². The van der Waals surface area contributed by atoms with Crippen molar-refractivity contribution in [1.82, 2.24) is 15.1 Å². The number of anilines is 1. The highest BCUT2D eigenvalue weighted by molar-refractivity contribution is 5.93. The maximum Gasteiger partial charge on any atom is 0.272 e. The molecule has 1 aliphatic rings. The summed E-state index contributed by atoms with van der Waals surface area (Å²) in [6.07, 6.45) is 3.06. The van der Waals surface area contributed by atoms with Crippen molar-refractivity contribution < 1.29 is 9.53 Å². The number of carbonyl (C=O) groups excluding carboxylic acids is 1. The van der Waals surface area contributed by atoms with Crippen LogP contribution >= 0.6 is 0 Å². The summed E-state index contributed by atoms with van der Waals surface area (Å²) in [6, 6.07) is 9.55. The van der Waals surface area contributed by atoms with Gasteiger partial charge in [-0.1, -0.05) is 12.1 Å². The van der Waals surface area contributed by atoms with E-state index in [1.165, 1.54) is 0 Å². The van der Waals surface area contributed by atoms with Gasteiger partial charge in [-0.25, -0.2) is 0 Å². The SMILES string of the molecule is COc1cccc(C2CCCCN2C(=O)c2cc(N)n[nH]2)c1. The summed E-state index contributed by atoms with van der Waals surface area (Å²) in [5.74, 6) is 1.08. The summed E-state index contributed by atoms with van der Waals surface area (Å²) in [5.41, 5.74) is 7.13. The Morgan fingerprint density at radius 1 is 1.41 bits per heavy atom. The van der Waals surface area contributed by atoms with Crippen LogP contribution in [0.25, 0.3) is 0 Å². The number of aromatic nitrogens is 2. The van der Waals surface area contributed by atoms with E-state index in [9.17, 15) is 4.79 Å². The summed E-state index contributed by atoms with van der Waals surface area (Å²) in [5, 5.41) is 6.55. The van der Waals surface area contributed by atoms with E-state index in [2.05, 4.69) is 10.2 Å². The molecule has 3 rings (SSSR count). The van der Waals surface area contributed by atoms with Crippen LogP contribution in [-0.4, -0.2) is 34.7 Å². The van der Waals surface area contributed by atoms with Crippen molar-refractivity contribution in [2.75, 3.05) is 19.4 Å². The van der Waals surface area contributed by atoms with Crippen LogP contribution < -0.4 is 10.5 Å². The first-order valence-corrected chi connectivity index (χ1v) is 7.45. The fraction of sp³-hybridized carbons (Fsp3) is 0.375. The largest absolute Gasteiger partial charge is 0.497 e. The number of methoxy groups -OCH3 is 1. The molecule has 1 unspecified atom stereocenters. The maximum atomic E-state index is 12.7. The summed E-state index contributed by atoms with van der Waals surface area (Å²) in [6.45, 7) is 0.736. The molecule has 1 atom stereocenters. The third-order valence-electron chi connectivity index (χ3n) is 4.07. The molecule has 1 aromatic heterocycles. The van der Waals surface area contributed by atoms with Gasteiger partial charge in [0.05, 0.1) is 13.2 Å². The smallest absolute Gasteiger partial charge is 0.272 e. The van der Waals surface area contributed by atoms with Gasteiger partial charge in [0.25, 0.3) is 5.91 Å². The third kappa shape index (κ3) is 2.77. The van der Waals surface area contributed by atoms with Crippen molar-refractivity contribution in [2.24, 2.45) is 0 Å². The van der Waals surface area contributed by atoms with Crippen LogP contribution in [0.2, 0.25) is 0 Å². The lowest BCUT2D eigenvalue weighted by atomic mass is 9.94. The number of nitrogens with zero attached hydrogens (tertiary/aromatic N) is 2. The number of likely N-dealkylation sites (tertiary alicyclic amines) is 1. The zero-order valence-corrected chi connectivity index (χ0v) is 12.6. The Morgan fingerprint density at radius 2 is 2.27 bits per heavy atom. The van der Waals surface area contributed by atoms with Gasteiger partial charge in [0.1, 0.15) is 17.3 Å². The van der Waals surface area contributed by atoms with Crippen LogP contribution in [-0.2, 0) is 0 Å². The van der Waals surface area contributed by atoms with Crippen LogP contribution in [0.5, 0.6) is 5.75 Å². The molecule has 2 aromatic rings. The van der Waals surface area contributed by atoms with Gasteiger partial charge in [0, 0.05) is 12.6 Å². The molecule has 3 N–H and O–H groups in total. The summed E-state index contributed by atoms with van der Waals surface area (Å²) < 4.78 is 5.29. The van der Waals surface area contributed by atoms with Gasteiger partial charge < -0.3 is 15.4 Å². The van der Waals surface area contributed by atoms with E-state index in [0.717, 1.165) is 37.1 Å². The van der Waals surface area contributed by atoms with Crippen molar-refractivity contribution in [3.8, 4) is 5.75 Å². The molecular weight excluding hydrogens is 280 g/mol. The number of hydrogen-bond acceptors (Lipinski definition) is 4. The number of carbonyl (C=O) groups is 1. The molecule has 22 heavy (non-hydrogen) atoms. The molecule has 0 bridgehead atoms. The summed E-state index contributed by atoms with van der Waals surface area (Å²) in [4.78, 5) is 14.6. The van der Waals surface area contributed by atoms with Gasteiger partial charge in [0.2, 0.25) is 0 Å². The number of nitrogen functional groups attached to an aromatic ring is 1. The summed E-state index contributed by atoms with van der Waals surface area (Å²) >= 11 is 0. The summed E-state index contributed by atoms with van der Waals surface area (Å²) in [7, 11) is 1.65. The minimum absolute atomic E-state index is 0.0564. The van der Waals surface area contributed by atoms with Crippen LogP contribution in [0.15, 0.2) is 30.3 Å². The standard InChI is InChI=1S/C16H20N4O2/c1-22-12-6-4-5-11(9-12)14-7-2-3-8-20(14)16(21)13-10-15(17)19-18-13/h4-6,9-10,14H,2-3,7-8H2,1H3,(H3,17,18,19). The molecule has 0 saturated carbocycles. The van der Waals surface area contributed by atoms with Gasteiger partial charge in [-0.15, -0.1) is 0 Å². The number of H-pyrrole nitrogens is 1. The van der Waals surface area contributed by atoms with Crippen molar-refractivity contribution in [2.45, 2.75) is 25.3 Å². The van der Waals surface area contributed by atoms with Gasteiger partial charge >= 0.3 is 0 Å². The number of piperidine rings is 1. The highest BCUT2D eigenvalue weighted by Gasteiger charge is 2.29. The second-order valence-corrected chi connectivity index (χ2v) is 5.49. The van der Waals surface area contributed by atoms with Gasteiger partial charge in [-0.05, 0) is 37.0 Å². The quantitative estimate of drug-likeness (QED) is 0.911.